The van der Waals surface area contributed by atoms with Crippen molar-refractivity contribution in [1.29, 1.82) is 0 Å². The van der Waals surface area contributed by atoms with E-state index in [1.165, 1.54) is 0 Å². The fourth-order valence-electron chi connectivity index (χ4n) is 2.70. The molecule has 0 atom stereocenters. The van der Waals surface area contributed by atoms with Gasteiger partial charge < -0.3 is 5.11 Å². The van der Waals surface area contributed by atoms with Gasteiger partial charge in [0.1, 0.15) is 9.84 Å². The highest BCUT2D eigenvalue weighted by Gasteiger charge is 2.37. The minimum atomic E-state index is -2.70. The maximum absolute atomic E-state index is 11.2. The Kier molecular flexibility index (Phi) is 2.84. The van der Waals surface area contributed by atoms with Gasteiger partial charge in [0.2, 0.25) is 0 Å². The maximum atomic E-state index is 11.2. The van der Waals surface area contributed by atoms with Gasteiger partial charge in [-0.3, -0.25) is 0 Å². The summed E-state index contributed by atoms with van der Waals surface area (Å²) < 4.78 is 22.4. The Balaban J connectivity index is 1.80. The van der Waals surface area contributed by atoms with E-state index in [1.54, 1.807) is 0 Å². The fraction of sp³-hybridized carbons (Fsp3) is 1.00. The van der Waals surface area contributed by atoms with Gasteiger partial charge >= 0.3 is 0 Å². The van der Waals surface area contributed by atoms with Crippen LogP contribution in [0.15, 0.2) is 0 Å². The van der Waals surface area contributed by atoms with Crippen LogP contribution in [0, 0.1) is 17.8 Å². The van der Waals surface area contributed by atoms with Crippen molar-refractivity contribution in [2.24, 2.45) is 17.8 Å². The zero-order chi connectivity index (χ0) is 10.2. The molecule has 0 radical (unpaired) electrons. The van der Waals surface area contributed by atoms with E-state index in [0.29, 0.717) is 35.9 Å². The first-order valence-corrected chi connectivity index (χ1v) is 7.24. The summed E-state index contributed by atoms with van der Waals surface area (Å²) in [7, 11) is -2.70. The monoisotopic (exact) mass is 218 g/mol. The van der Waals surface area contributed by atoms with Crippen LogP contribution in [-0.4, -0.2) is 31.6 Å². The minimum Gasteiger partial charge on any atom is -0.396 e. The molecule has 1 aliphatic heterocycles. The van der Waals surface area contributed by atoms with E-state index in [1.807, 2.05) is 0 Å². The lowest BCUT2D eigenvalue weighted by atomic mass is 9.67. The first-order chi connectivity index (χ1) is 6.61. The van der Waals surface area contributed by atoms with Crippen molar-refractivity contribution in [3.05, 3.63) is 0 Å². The summed E-state index contributed by atoms with van der Waals surface area (Å²) in [5.74, 6) is 2.58. The lowest BCUT2D eigenvalue weighted by Gasteiger charge is -2.41. The SMILES string of the molecule is O=S1(=O)CCC(C2CC(CO)C2)CC1. The van der Waals surface area contributed by atoms with E-state index < -0.39 is 9.84 Å². The third-order valence-corrected chi connectivity index (χ3v) is 5.51. The van der Waals surface area contributed by atoms with Gasteiger partial charge in [0.25, 0.3) is 0 Å². The van der Waals surface area contributed by atoms with Crippen molar-refractivity contribution in [2.45, 2.75) is 25.7 Å². The van der Waals surface area contributed by atoms with Crippen LogP contribution in [0.3, 0.4) is 0 Å². The molecule has 1 saturated heterocycles. The van der Waals surface area contributed by atoms with Crippen LogP contribution >= 0.6 is 0 Å². The van der Waals surface area contributed by atoms with Crippen LogP contribution in [0.5, 0.6) is 0 Å². The molecule has 1 aliphatic carbocycles. The normalized spacial score (nSPS) is 37.8. The summed E-state index contributed by atoms with van der Waals surface area (Å²) in [5.41, 5.74) is 0. The lowest BCUT2D eigenvalue weighted by molar-refractivity contribution is 0.0656. The maximum Gasteiger partial charge on any atom is 0.150 e. The van der Waals surface area contributed by atoms with Gasteiger partial charge in [-0.1, -0.05) is 0 Å². The molecular formula is C10H18O3S. The Morgan fingerprint density at radius 3 is 2.14 bits per heavy atom. The van der Waals surface area contributed by atoms with E-state index in [0.717, 1.165) is 25.7 Å². The zero-order valence-electron chi connectivity index (χ0n) is 8.35. The first kappa shape index (κ1) is 10.4. The van der Waals surface area contributed by atoms with Crippen molar-refractivity contribution < 1.29 is 13.5 Å². The molecule has 3 nitrogen and oxygen atoms in total. The van der Waals surface area contributed by atoms with Gasteiger partial charge in [0.15, 0.2) is 0 Å². The van der Waals surface area contributed by atoms with Crippen molar-refractivity contribution in [1.82, 2.24) is 0 Å². The number of rotatable bonds is 2. The molecule has 0 aromatic heterocycles. The number of aliphatic hydroxyl groups is 1. The van der Waals surface area contributed by atoms with E-state index in [4.69, 9.17) is 5.11 Å². The molecule has 0 unspecified atom stereocenters. The van der Waals surface area contributed by atoms with Gasteiger partial charge in [-0.05, 0) is 43.4 Å². The molecular weight excluding hydrogens is 200 g/mol. The van der Waals surface area contributed by atoms with Gasteiger partial charge in [0.05, 0.1) is 11.5 Å². The smallest absolute Gasteiger partial charge is 0.150 e. The second-order valence-electron chi connectivity index (χ2n) is 4.77. The molecule has 0 spiro atoms. The predicted octanol–water partition coefficient (Wildman–Crippen LogP) is 0.830. The number of sulfone groups is 1. The number of hydrogen-bond donors (Lipinski definition) is 1. The van der Waals surface area contributed by atoms with Crippen LogP contribution in [0.4, 0.5) is 0 Å². The van der Waals surface area contributed by atoms with Gasteiger partial charge in [-0.2, -0.15) is 0 Å². The zero-order valence-corrected chi connectivity index (χ0v) is 9.17. The van der Waals surface area contributed by atoms with Gasteiger partial charge in [0, 0.05) is 6.61 Å². The van der Waals surface area contributed by atoms with Gasteiger partial charge in [-0.15, -0.1) is 0 Å². The molecule has 0 bridgehead atoms. The van der Waals surface area contributed by atoms with Crippen molar-refractivity contribution in [3.63, 3.8) is 0 Å². The summed E-state index contributed by atoms with van der Waals surface area (Å²) in [4.78, 5) is 0. The summed E-state index contributed by atoms with van der Waals surface area (Å²) in [6.45, 7) is 0.307. The standard InChI is InChI=1S/C10H18O3S/c11-7-8-5-10(6-8)9-1-3-14(12,13)4-2-9/h8-11H,1-7H2. The minimum absolute atomic E-state index is 0.307. The number of aliphatic hydroxyl groups excluding tert-OH is 1. The quantitative estimate of drug-likeness (QED) is 0.747. The summed E-state index contributed by atoms with van der Waals surface area (Å²) in [6, 6.07) is 0. The largest absolute Gasteiger partial charge is 0.396 e. The fourth-order valence-corrected chi connectivity index (χ4v) is 4.23. The molecule has 1 heterocycles. The average Bonchev–Trinajstić information content (AvgIpc) is 2.06. The molecule has 0 aromatic carbocycles. The van der Waals surface area contributed by atoms with E-state index in [9.17, 15) is 8.42 Å². The van der Waals surface area contributed by atoms with Crippen molar-refractivity contribution in [2.75, 3.05) is 18.1 Å². The van der Waals surface area contributed by atoms with Crippen molar-refractivity contribution >= 4 is 9.84 Å². The average molecular weight is 218 g/mol. The summed E-state index contributed by atoms with van der Waals surface area (Å²) in [5, 5.41) is 8.89. The number of hydrogen-bond acceptors (Lipinski definition) is 3. The van der Waals surface area contributed by atoms with Gasteiger partial charge in [-0.25, -0.2) is 8.42 Å². The molecule has 2 aliphatic rings. The Bertz CT molecular complexity index is 276. The molecule has 2 rings (SSSR count). The van der Waals surface area contributed by atoms with Crippen LogP contribution in [0.25, 0.3) is 0 Å². The molecule has 82 valence electrons. The van der Waals surface area contributed by atoms with Crippen LogP contribution in [-0.2, 0) is 9.84 Å². The highest BCUT2D eigenvalue weighted by atomic mass is 32.2. The molecule has 4 heteroatoms. The Labute approximate surface area is 85.4 Å². The lowest BCUT2D eigenvalue weighted by Crippen LogP contribution is -2.36. The summed E-state index contributed by atoms with van der Waals surface area (Å²) >= 11 is 0. The third-order valence-electron chi connectivity index (χ3n) is 3.80. The van der Waals surface area contributed by atoms with Crippen LogP contribution < -0.4 is 0 Å². The second-order valence-corrected chi connectivity index (χ2v) is 7.07. The highest BCUT2D eigenvalue weighted by molar-refractivity contribution is 7.91. The van der Waals surface area contributed by atoms with E-state index in [-0.39, 0.29) is 0 Å². The van der Waals surface area contributed by atoms with Crippen LogP contribution in [0.1, 0.15) is 25.7 Å². The highest BCUT2D eigenvalue weighted by Crippen LogP contribution is 2.42. The first-order valence-electron chi connectivity index (χ1n) is 5.42. The second kappa shape index (κ2) is 3.81. The molecule has 0 amide bonds. The Morgan fingerprint density at radius 2 is 1.64 bits per heavy atom. The van der Waals surface area contributed by atoms with Crippen molar-refractivity contribution in [3.8, 4) is 0 Å². The summed E-state index contributed by atoms with van der Waals surface area (Å²) in [6.07, 6.45) is 3.93. The molecule has 0 aromatic rings. The third kappa shape index (κ3) is 2.11. The van der Waals surface area contributed by atoms with E-state index in [2.05, 4.69) is 0 Å². The molecule has 2 fully saturated rings. The Morgan fingerprint density at radius 1 is 1.07 bits per heavy atom. The molecule has 14 heavy (non-hydrogen) atoms. The van der Waals surface area contributed by atoms with Crippen LogP contribution in [0.2, 0.25) is 0 Å². The predicted molar refractivity (Wildman–Crippen MR) is 54.7 cm³/mol. The Hall–Kier alpha value is -0.0900. The molecule has 1 saturated carbocycles. The topological polar surface area (TPSA) is 54.4 Å². The van der Waals surface area contributed by atoms with E-state index >= 15 is 0 Å². The molecule has 1 N–H and O–H groups in total.